The quantitative estimate of drug-likeness (QED) is 0.357. The fourth-order valence-electron chi connectivity index (χ4n) is 3.74. The second-order valence-corrected chi connectivity index (χ2v) is 27.8. The van der Waals surface area contributed by atoms with Gasteiger partial charge in [0.1, 0.15) is 0 Å². The molecule has 0 unspecified atom stereocenters. The van der Waals surface area contributed by atoms with Crippen LogP contribution in [0.15, 0.2) is 91.0 Å². The Balaban J connectivity index is 2.01. The first-order valence-electron chi connectivity index (χ1n) is 10.3. The van der Waals surface area contributed by atoms with E-state index in [0.717, 1.165) is 0 Å². The summed E-state index contributed by atoms with van der Waals surface area (Å²) in [6, 6.07) is 33.6. The first-order chi connectivity index (χ1) is 14.4. The summed E-state index contributed by atoms with van der Waals surface area (Å²) in [5, 5.41) is 1.52. The third-order valence-electron chi connectivity index (χ3n) is 5.16. The molecule has 0 N–H and O–H groups in total. The monoisotopic (exact) mass is 562 g/mol. The maximum absolute atomic E-state index is 2.34. The van der Waals surface area contributed by atoms with Gasteiger partial charge in [0.15, 0.2) is 0 Å². The zero-order valence-corrected chi connectivity index (χ0v) is 22.2. The van der Waals surface area contributed by atoms with Crippen LogP contribution < -0.4 is 0 Å². The Labute approximate surface area is 190 Å². The Hall–Kier alpha value is -1.05. The van der Waals surface area contributed by atoms with Crippen molar-refractivity contribution in [3.8, 4) is 0 Å². The second kappa shape index (κ2) is 11.4. The van der Waals surface area contributed by atoms with E-state index >= 15 is 0 Å². The van der Waals surface area contributed by atoms with E-state index in [9.17, 15) is 0 Å². The Morgan fingerprint density at radius 1 is 0.552 bits per heavy atom. The van der Waals surface area contributed by atoms with Gasteiger partial charge in [-0.15, -0.1) is 0 Å². The zero-order chi connectivity index (χ0) is 19.7. The second-order valence-electron chi connectivity index (χ2n) is 7.17. The van der Waals surface area contributed by atoms with E-state index < -0.39 is 0 Å². The van der Waals surface area contributed by atoms with Crippen LogP contribution in [0.5, 0.6) is 0 Å². The summed E-state index contributed by atoms with van der Waals surface area (Å²) in [4.78, 5) is 0. The molecule has 0 spiro atoms. The predicted octanol–water partition coefficient (Wildman–Crippen LogP) is 5.75. The van der Waals surface area contributed by atoms with Crippen molar-refractivity contribution in [2.45, 2.75) is 30.9 Å². The van der Waals surface area contributed by atoms with E-state index in [4.69, 9.17) is 0 Å². The van der Waals surface area contributed by atoms with Crippen LogP contribution in [0.25, 0.3) is 11.1 Å². The van der Waals surface area contributed by atoms with E-state index in [1.165, 1.54) is 47.6 Å². The number of benzene rings is 3. The van der Waals surface area contributed by atoms with Crippen LogP contribution >= 0.6 is 0 Å². The van der Waals surface area contributed by atoms with E-state index in [1.807, 2.05) is 0 Å². The number of allylic oxidation sites excluding steroid dienone is 2. The summed E-state index contributed by atoms with van der Waals surface area (Å²) >= 11 is 1.39. The third-order valence-corrected chi connectivity index (χ3v) is 27.1. The normalized spacial score (nSPS) is 20.9. The molecular weight excluding hydrogens is 537 g/mol. The van der Waals surface area contributed by atoms with Crippen molar-refractivity contribution < 1.29 is 0 Å². The first-order valence-corrected chi connectivity index (χ1v) is 22.9. The van der Waals surface area contributed by atoms with E-state index in [-0.39, 0.29) is 13.2 Å². The average molecular weight is 562 g/mol. The maximum atomic E-state index is 2.34. The summed E-state index contributed by atoms with van der Waals surface area (Å²) in [5.74, 6) is 0. The van der Waals surface area contributed by atoms with Gasteiger partial charge in [-0.1, -0.05) is 0 Å². The zero-order valence-electron chi connectivity index (χ0n) is 16.5. The van der Waals surface area contributed by atoms with Crippen LogP contribution in [0.3, 0.4) is 0 Å². The summed E-state index contributed by atoms with van der Waals surface area (Å²) in [7, 11) is 0. The van der Waals surface area contributed by atoms with Crippen LogP contribution in [-0.4, -0.2) is 41.8 Å². The van der Waals surface area contributed by atoms with Crippen LogP contribution in [0.4, 0.5) is 0 Å². The molecule has 144 valence electrons. The molecule has 1 heterocycles. The van der Waals surface area contributed by atoms with Crippen molar-refractivity contribution in [1.82, 2.24) is 0 Å². The van der Waals surface area contributed by atoms with Gasteiger partial charge in [-0.05, 0) is 0 Å². The standard InChI is InChI=1S/C26H25As3/c1-5-13-21(14-6-1)24-19-11-4-12-20-27-29-28-26(23-17-9-3-10-18-23)25(24)22-15-7-2-8-16-22/h1-3,5-10,13-18H,4,11-12,19-20H2/b25-24+. The topological polar surface area (TPSA) is 0 Å². The van der Waals surface area contributed by atoms with Gasteiger partial charge in [-0.2, -0.15) is 0 Å². The van der Waals surface area contributed by atoms with Crippen LogP contribution in [0.2, 0.25) is 5.21 Å². The van der Waals surface area contributed by atoms with Crippen molar-refractivity contribution in [1.29, 1.82) is 0 Å². The van der Waals surface area contributed by atoms with E-state index in [0.29, 0.717) is 24.2 Å². The third kappa shape index (κ3) is 5.76. The molecule has 1 aliphatic heterocycles. The molecule has 0 nitrogen and oxygen atoms in total. The van der Waals surface area contributed by atoms with E-state index in [2.05, 4.69) is 91.0 Å². The molecule has 0 atom stereocenters. The summed E-state index contributed by atoms with van der Waals surface area (Å²) < 4.78 is 1.67. The van der Waals surface area contributed by atoms with Crippen LogP contribution in [0.1, 0.15) is 42.4 Å². The van der Waals surface area contributed by atoms with Gasteiger partial charge >= 0.3 is 191 Å². The van der Waals surface area contributed by atoms with E-state index in [1.54, 1.807) is 15.5 Å². The summed E-state index contributed by atoms with van der Waals surface area (Å²) in [5.41, 5.74) is 7.37. The van der Waals surface area contributed by atoms with Gasteiger partial charge in [0.25, 0.3) is 0 Å². The van der Waals surface area contributed by atoms with Gasteiger partial charge in [-0.25, -0.2) is 0 Å². The van der Waals surface area contributed by atoms with Crippen LogP contribution in [-0.2, 0) is 0 Å². The molecule has 3 aromatic carbocycles. The Kier molecular flexibility index (Phi) is 8.31. The molecule has 3 aromatic rings. The summed E-state index contributed by atoms with van der Waals surface area (Å²) in [6.07, 6.45) is 5.31. The van der Waals surface area contributed by atoms with Crippen molar-refractivity contribution in [2.75, 3.05) is 0 Å². The molecule has 0 aliphatic carbocycles. The van der Waals surface area contributed by atoms with Gasteiger partial charge < -0.3 is 0 Å². The Morgan fingerprint density at radius 2 is 1.14 bits per heavy atom. The van der Waals surface area contributed by atoms with Gasteiger partial charge in [0, 0.05) is 0 Å². The number of hydrogen-bond donors (Lipinski definition) is 0. The van der Waals surface area contributed by atoms with Crippen molar-refractivity contribution in [3.05, 3.63) is 108 Å². The molecule has 0 saturated carbocycles. The SMILES string of the molecule is c1ccc(C2=[As]\[As]=[As]/CCCCC/C(c3ccccc3)=C\2c2ccccc2)cc1. The molecule has 0 fully saturated rings. The molecule has 1 aliphatic rings. The predicted molar refractivity (Wildman–Crippen MR) is 131 cm³/mol. The minimum atomic E-state index is 0.267. The molecular formula is C26H25As3. The molecule has 0 aromatic heterocycles. The first kappa shape index (κ1) is 21.2. The van der Waals surface area contributed by atoms with Crippen LogP contribution in [0, 0.1) is 0 Å². The fraction of sp³-hybridized carbons (Fsp3) is 0.192. The van der Waals surface area contributed by atoms with Gasteiger partial charge in [0.2, 0.25) is 0 Å². The number of hydrogen-bond acceptors (Lipinski definition) is 0. The Bertz CT molecular complexity index is 1000. The molecule has 0 saturated heterocycles. The van der Waals surface area contributed by atoms with Crippen molar-refractivity contribution in [3.63, 3.8) is 0 Å². The number of rotatable bonds is 3. The molecule has 0 bridgehead atoms. The summed E-state index contributed by atoms with van der Waals surface area (Å²) in [6.45, 7) is 0. The Morgan fingerprint density at radius 3 is 1.79 bits per heavy atom. The molecule has 0 radical (unpaired) electrons. The van der Waals surface area contributed by atoms with Crippen molar-refractivity contribution in [2.24, 2.45) is 0 Å². The van der Waals surface area contributed by atoms with Gasteiger partial charge in [0.05, 0.1) is 0 Å². The minimum absolute atomic E-state index is 0.267. The fourth-order valence-corrected chi connectivity index (χ4v) is 26.6. The molecule has 4 rings (SSSR count). The van der Waals surface area contributed by atoms with Crippen molar-refractivity contribution >= 4 is 52.9 Å². The molecule has 29 heavy (non-hydrogen) atoms. The molecule has 0 amide bonds. The molecule has 3 heteroatoms. The average Bonchev–Trinajstić information content (AvgIpc) is 2.84. The van der Waals surface area contributed by atoms with Gasteiger partial charge in [-0.3, -0.25) is 0 Å².